The summed E-state index contributed by atoms with van der Waals surface area (Å²) in [5.41, 5.74) is -0.513. The van der Waals surface area contributed by atoms with Crippen LogP contribution in [0.15, 0.2) is 0 Å². The lowest BCUT2D eigenvalue weighted by Crippen LogP contribution is -2.44. The zero-order valence-corrected chi connectivity index (χ0v) is 12.1. The number of carbonyl (C=O) groups is 1. The molecular weight excluding hydrogens is 242 g/mol. The highest BCUT2D eigenvalue weighted by Gasteiger charge is 2.40. The maximum atomic E-state index is 11.8. The Bertz CT molecular complexity index is 298. The number of rotatable bonds is 3. The van der Waals surface area contributed by atoms with Gasteiger partial charge in [-0.05, 0) is 26.2 Å². The third-order valence-corrected chi connectivity index (χ3v) is 4.58. The second-order valence-electron chi connectivity index (χ2n) is 6.27. The topological polar surface area (TPSA) is 49.8 Å². The summed E-state index contributed by atoms with van der Waals surface area (Å²) in [4.78, 5) is 14.1. The molecule has 2 rings (SSSR count). The summed E-state index contributed by atoms with van der Waals surface area (Å²) >= 11 is 0. The van der Waals surface area contributed by atoms with E-state index < -0.39 is 11.4 Å². The van der Waals surface area contributed by atoms with Gasteiger partial charge in [0.1, 0.15) is 0 Å². The lowest BCUT2D eigenvalue weighted by molar-refractivity contribution is -0.151. The van der Waals surface area contributed by atoms with E-state index in [1.54, 1.807) is 0 Å². The Morgan fingerprint density at radius 2 is 1.95 bits per heavy atom. The van der Waals surface area contributed by atoms with Gasteiger partial charge in [-0.2, -0.15) is 0 Å². The number of aliphatic carboxylic acids is 1. The molecule has 0 radical (unpaired) electrons. The van der Waals surface area contributed by atoms with Gasteiger partial charge < -0.3 is 9.84 Å². The van der Waals surface area contributed by atoms with Crippen LogP contribution in [0.4, 0.5) is 0 Å². The van der Waals surface area contributed by atoms with Gasteiger partial charge in [0, 0.05) is 26.2 Å². The number of ether oxygens (including phenoxy) is 1. The van der Waals surface area contributed by atoms with Gasteiger partial charge >= 0.3 is 5.97 Å². The molecule has 1 N–H and O–H groups in total. The van der Waals surface area contributed by atoms with Gasteiger partial charge in [-0.25, -0.2) is 0 Å². The summed E-state index contributed by atoms with van der Waals surface area (Å²) in [5.74, 6) is -0.591. The van der Waals surface area contributed by atoms with Crippen LogP contribution in [0.25, 0.3) is 0 Å². The summed E-state index contributed by atoms with van der Waals surface area (Å²) in [6.45, 7) is 5.43. The zero-order valence-electron chi connectivity index (χ0n) is 12.1. The fourth-order valence-corrected chi connectivity index (χ4v) is 3.50. The van der Waals surface area contributed by atoms with Gasteiger partial charge in [0.05, 0.1) is 11.5 Å². The quantitative estimate of drug-likeness (QED) is 0.800. The average molecular weight is 269 g/mol. The molecule has 0 amide bonds. The average Bonchev–Trinajstić information content (AvgIpc) is 2.71. The monoisotopic (exact) mass is 269 g/mol. The second-order valence-corrected chi connectivity index (χ2v) is 6.27. The molecule has 110 valence electrons. The van der Waals surface area contributed by atoms with Crippen LogP contribution < -0.4 is 0 Å². The number of carboxylic acid groups (broad SMARTS) is 1. The number of nitrogens with zero attached hydrogens (tertiary/aromatic N) is 1. The van der Waals surface area contributed by atoms with E-state index in [9.17, 15) is 9.90 Å². The molecule has 0 aromatic heterocycles. The first kappa shape index (κ1) is 14.8. The lowest BCUT2D eigenvalue weighted by Gasteiger charge is -2.34. The molecule has 0 spiro atoms. The Hall–Kier alpha value is -0.610. The van der Waals surface area contributed by atoms with Crippen LogP contribution in [0.1, 0.15) is 51.9 Å². The molecule has 0 bridgehead atoms. The van der Waals surface area contributed by atoms with Crippen molar-refractivity contribution in [2.45, 2.75) is 58.0 Å². The highest BCUT2D eigenvalue weighted by Crippen LogP contribution is 2.36. The number of hydrogen-bond acceptors (Lipinski definition) is 3. The van der Waals surface area contributed by atoms with Gasteiger partial charge in [-0.3, -0.25) is 9.69 Å². The molecule has 1 unspecified atom stereocenters. The van der Waals surface area contributed by atoms with Crippen LogP contribution in [0.5, 0.6) is 0 Å². The summed E-state index contributed by atoms with van der Waals surface area (Å²) in [5, 5.41) is 9.72. The maximum Gasteiger partial charge on any atom is 0.310 e. The SMILES string of the molecule is CC1CN(CC2(C(=O)O)CCCCCC2)CCCO1. The molecule has 4 heteroatoms. The molecule has 2 aliphatic rings. The summed E-state index contributed by atoms with van der Waals surface area (Å²) in [6.07, 6.45) is 7.42. The minimum absolute atomic E-state index is 0.221. The van der Waals surface area contributed by atoms with Gasteiger partial charge in [-0.1, -0.05) is 25.7 Å². The normalized spacial score (nSPS) is 29.4. The van der Waals surface area contributed by atoms with Crippen molar-refractivity contribution < 1.29 is 14.6 Å². The fourth-order valence-electron chi connectivity index (χ4n) is 3.50. The van der Waals surface area contributed by atoms with Crippen molar-refractivity contribution in [3.05, 3.63) is 0 Å². The Kier molecular flexibility index (Phi) is 5.22. The van der Waals surface area contributed by atoms with Crippen LogP contribution in [-0.2, 0) is 9.53 Å². The molecule has 0 aromatic carbocycles. The first-order valence-electron chi connectivity index (χ1n) is 7.70. The van der Waals surface area contributed by atoms with Crippen LogP contribution >= 0.6 is 0 Å². The zero-order chi connectivity index (χ0) is 13.7. The Balaban J connectivity index is 2.04. The van der Waals surface area contributed by atoms with E-state index in [0.717, 1.165) is 51.8 Å². The van der Waals surface area contributed by atoms with Crippen molar-refractivity contribution in [1.82, 2.24) is 4.90 Å². The molecule has 1 saturated heterocycles. The number of hydrogen-bond donors (Lipinski definition) is 1. The van der Waals surface area contributed by atoms with Gasteiger partial charge in [-0.15, -0.1) is 0 Å². The fraction of sp³-hybridized carbons (Fsp3) is 0.933. The van der Waals surface area contributed by atoms with Crippen molar-refractivity contribution in [3.63, 3.8) is 0 Å². The van der Waals surface area contributed by atoms with Crippen molar-refractivity contribution >= 4 is 5.97 Å². The predicted octanol–water partition coefficient (Wildman–Crippen LogP) is 2.52. The molecular formula is C15H27NO3. The van der Waals surface area contributed by atoms with Crippen molar-refractivity contribution in [3.8, 4) is 0 Å². The van der Waals surface area contributed by atoms with E-state index in [1.165, 1.54) is 12.8 Å². The Morgan fingerprint density at radius 3 is 2.58 bits per heavy atom. The summed E-state index contributed by atoms with van der Waals surface area (Å²) in [7, 11) is 0. The largest absolute Gasteiger partial charge is 0.481 e. The molecule has 0 aromatic rings. The van der Waals surface area contributed by atoms with E-state index >= 15 is 0 Å². The second kappa shape index (κ2) is 6.71. The summed E-state index contributed by atoms with van der Waals surface area (Å²) in [6, 6.07) is 0. The summed E-state index contributed by atoms with van der Waals surface area (Å²) < 4.78 is 5.65. The van der Waals surface area contributed by atoms with Gasteiger partial charge in [0.15, 0.2) is 0 Å². The van der Waals surface area contributed by atoms with Crippen LogP contribution in [0.3, 0.4) is 0 Å². The molecule has 1 heterocycles. The van der Waals surface area contributed by atoms with E-state index in [2.05, 4.69) is 11.8 Å². The maximum absolute atomic E-state index is 11.8. The molecule has 19 heavy (non-hydrogen) atoms. The Labute approximate surface area is 116 Å². The van der Waals surface area contributed by atoms with E-state index in [-0.39, 0.29) is 6.10 Å². The molecule has 1 atom stereocenters. The van der Waals surface area contributed by atoms with Crippen molar-refractivity contribution in [1.29, 1.82) is 0 Å². The minimum Gasteiger partial charge on any atom is -0.481 e. The van der Waals surface area contributed by atoms with E-state index in [1.807, 2.05) is 0 Å². The van der Waals surface area contributed by atoms with Crippen LogP contribution in [-0.4, -0.2) is 48.3 Å². The number of carboxylic acids is 1. The Morgan fingerprint density at radius 1 is 1.26 bits per heavy atom. The molecule has 1 aliphatic heterocycles. The first-order valence-corrected chi connectivity index (χ1v) is 7.70. The molecule has 2 fully saturated rings. The molecule has 4 nitrogen and oxygen atoms in total. The van der Waals surface area contributed by atoms with Crippen molar-refractivity contribution in [2.75, 3.05) is 26.2 Å². The lowest BCUT2D eigenvalue weighted by atomic mass is 9.79. The van der Waals surface area contributed by atoms with E-state index in [4.69, 9.17) is 4.74 Å². The first-order chi connectivity index (χ1) is 9.12. The smallest absolute Gasteiger partial charge is 0.310 e. The highest BCUT2D eigenvalue weighted by atomic mass is 16.5. The predicted molar refractivity (Wildman–Crippen MR) is 74.2 cm³/mol. The third-order valence-electron chi connectivity index (χ3n) is 4.58. The van der Waals surface area contributed by atoms with Gasteiger partial charge in [0.2, 0.25) is 0 Å². The molecule has 1 saturated carbocycles. The minimum atomic E-state index is -0.591. The van der Waals surface area contributed by atoms with Crippen molar-refractivity contribution in [2.24, 2.45) is 5.41 Å². The molecule has 1 aliphatic carbocycles. The van der Waals surface area contributed by atoms with Gasteiger partial charge in [0.25, 0.3) is 0 Å². The van der Waals surface area contributed by atoms with E-state index in [0.29, 0.717) is 6.54 Å². The van der Waals surface area contributed by atoms with Crippen LogP contribution in [0, 0.1) is 5.41 Å². The van der Waals surface area contributed by atoms with Crippen LogP contribution in [0.2, 0.25) is 0 Å². The standard InChI is InChI=1S/C15H27NO3/c1-13-11-16(9-6-10-19-13)12-15(14(17)18)7-4-2-3-5-8-15/h13H,2-12H2,1H3,(H,17,18). The highest BCUT2D eigenvalue weighted by molar-refractivity contribution is 5.75. The third kappa shape index (κ3) is 3.93.